The minimum atomic E-state index is -0.704. The third-order valence-electron chi connectivity index (χ3n) is 5.77. The van der Waals surface area contributed by atoms with E-state index in [2.05, 4.69) is 41.1 Å². The maximum atomic E-state index is 11.5. The zero-order valence-electron chi connectivity index (χ0n) is 15.1. The molecule has 2 heterocycles. The van der Waals surface area contributed by atoms with E-state index in [0.29, 0.717) is 11.8 Å². The second-order valence-electron chi connectivity index (χ2n) is 8.03. The molecule has 0 amide bonds. The van der Waals surface area contributed by atoms with E-state index in [1.54, 1.807) is 11.3 Å². The maximum absolute atomic E-state index is 11.5. The second-order valence-corrected chi connectivity index (χ2v) is 9.07. The summed E-state index contributed by atoms with van der Waals surface area (Å²) in [6, 6.07) is 10.2. The number of nitrogens with zero attached hydrogens (tertiary/aromatic N) is 3. The van der Waals surface area contributed by atoms with Gasteiger partial charge in [0.05, 0.1) is 5.60 Å². The van der Waals surface area contributed by atoms with E-state index in [9.17, 15) is 5.11 Å². The van der Waals surface area contributed by atoms with Crippen LogP contribution in [0.1, 0.15) is 43.7 Å². The third kappa shape index (κ3) is 3.20. The van der Waals surface area contributed by atoms with Crippen molar-refractivity contribution in [3.63, 3.8) is 0 Å². The van der Waals surface area contributed by atoms with Crippen LogP contribution >= 0.6 is 11.3 Å². The standard InChI is InChI=1S/C20H27N3OS/c1-14(2)11-18-21-22-19(25-18)23-12-15-7-6-10-20(24,17(15)13-23)16-8-4-3-5-9-16/h3-5,8-9,14-15,17,24H,6-7,10-13H2,1-2H3/t15-,17+,20+/m0/s1. The van der Waals surface area contributed by atoms with E-state index in [-0.39, 0.29) is 5.92 Å². The Morgan fingerprint density at radius 1 is 1.24 bits per heavy atom. The number of fused-ring (bicyclic) bond motifs is 1. The van der Waals surface area contributed by atoms with Gasteiger partial charge in [0.2, 0.25) is 5.13 Å². The largest absolute Gasteiger partial charge is 0.385 e. The highest BCUT2D eigenvalue weighted by Gasteiger charge is 2.50. The van der Waals surface area contributed by atoms with Crippen LogP contribution in [0.4, 0.5) is 5.13 Å². The molecular formula is C20H27N3OS. The van der Waals surface area contributed by atoms with Gasteiger partial charge < -0.3 is 10.0 Å². The Hall–Kier alpha value is -1.46. The Bertz CT molecular complexity index is 717. The summed E-state index contributed by atoms with van der Waals surface area (Å²) >= 11 is 1.72. The molecule has 1 aromatic heterocycles. The van der Waals surface area contributed by atoms with Crippen molar-refractivity contribution >= 4 is 16.5 Å². The average molecular weight is 358 g/mol. The van der Waals surface area contributed by atoms with Crippen LogP contribution in [0.2, 0.25) is 0 Å². The molecule has 2 aromatic rings. The average Bonchev–Trinajstić information content (AvgIpc) is 3.22. The van der Waals surface area contributed by atoms with Gasteiger partial charge in [0.1, 0.15) is 5.01 Å². The van der Waals surface area contributed by atoms with Crippen molar-refractivity contribution < 1.29 is 5.11 Å². The summed E-state index contributed by atoms with van der Waals surface area (Å²) in [7, 11) is 0. The van der Waals surface area contributed by atoms with Gasteiger partial charge in [-0.1, -0.05) is 55.5 Å². The summed E-state index contributed by atoms with van der Waals surface area (Å²) in [5, 5.41) is 22.5. The molecule has 1 saturated carbocycles. The van der Waals surface area contributed by atoms with E-state index >= 15 is 0 Å². The first kappa shape index (κ1) is 17.0. The van der Waals surface area contributed by atoms with Gasteiger partial charge in [0.15, 0.2) is 0 Å². The number of rotatable bonds is 4. The third-order valence-corrected chi connectivity index (χ3v) is 6.78. The van der Waals surface area contributed by atoms with E-state index in [1.165, 1.54) is 6.42 Å². The summed E-state index contributed by atoms with van der Waals surface area (Å²) in [4.78, 5) is 2.36. The highest BCUT2D eigenvalue weighted by Crippen LogP contribution is 2.49. The SMILES string of the molecule is CC(C)Cc1nnc(N2C[C@@H]3CCC[C@@](O)(c4ccccc4)[C@@H]3C2)s1. The van der Waals surface area contributed by atoms with Crippen LogP contribution in [0.15, 0.2) is 30.3 Å². The molecule has 0 unspecified atom stereocenters. The smallest absolute Gasteiger partial charge is 0.208 e. The molecule has 25 heavy (non-hydrogen) atoms. The fraction of sp³-hybridized carbons (Fsp3) is 0.600. The quantitative estimate of drug-likeness (QED) is 0.903. The van der Waals surface area contributed by atoms with Crippen LogP contribution in [0.3, 0.4) is 0 Å². The molecule has 0 bridgehead atoms. The molecule has 2 aliphatic rings. The fourth-order valence-electron chi connectivity index (χ4n) is 4.57. The van der Waals surface area contributed by atoms with Crippen LogP contribution in [-0.4, -0.2) is 28.4 Å². The second kappa shape index (κ2) is 6.69. The van der Waals surface area contributed by atoms with Gasteiger partial charge in [-0.05, 0) is 36.7 Å². The number of hydrogen-bond donors (Lipinski definition) is 1. The minimum Gasteiger partial charge on any atom is -0.385 e. The van der Waals surface area contributed by atoms with Gasteiger partial charge in [0.25, 0.3) is 0 Å². The lowest BCUT2D eigenvalue weighted by Crippen LogP contribution is -2.42. The Morgan fingerprint density at radius 3 is 2.80 bits per heavy atom. The first-order valence-electron chi connectivity index (χ1n) is 9.41. The van der Waals surface area contributed by atoms with Crippen molar-refractivity contribution in [2.75, 3.05) is 18.0 Å². The molecule has 1 aromatic carbocycles. The van der Waals surface area contributed by atoms with Crippen LogP contribution in [0.25, 0.3) is 0 Å². The minimum absolute atomic E-state index is 0.279. The molecule has 3 atom stereocenters. The topological polar surface area (TPSA) is 49.2 Å². The van der Waals surface area contributed by atoms with Gasteiger partial charge in [-0.3, -0.25) is 0 Å². The van der Waals surface area contributed by atoms with Gasteiger partial charge in [-0.25, -0.2) is 0 Å². The van der Waals surface area contributed by atoms with Crippen molar-refractivity contribution in [2.45, 2.75) is 45.1 Å². The molecule has 5 heteroatoms. The maximum Gasteiger partial charge on any atom is 0.208 e. The van der Waals surface area contributed by atoms with Crippen LogP contribution in [-0.2, 0) is 12.0 Å². The Morgan fingerprint density at radius 2 is 2.04 bits per heavy atom. The molecule has 0 radical (unpaired) electrons. The Balaban J connectivity index is 1.56. The highest BCUT2D eigenvalue weighted by atomic mass is 32.1. The van der Waals surface area contributed by atoms with E-state index < -0.39 is 5.60 Å². The van der Waals surface area contributed by atoms with Gasteiger partial charge in [0, 0.05) is 25.4 Å². The van der Waals surface area contributed by atoms with Crippen molar-refractivity contribution in [1.82, 2.24) is 10.2 Å². The first-order chi connectivity index (χ1) is 12.1. The summed E-state index contributed by atoms with van der Waals surface area (Å²) in [5.74, 6) is 1.42. The summed E-state index contributed by atoms with van der Waals surface area (Å²) in [6.45, 7) is 6.30. The molecule has 1 saturated heterocycles. The van der Waals surface area contributed by atoms with Crippen molar-refractivity contribution in [3.05, 3.63) is 40.9 Å². The molecular weight excluding hydrogens is 330 g/mol. The predicted molar refractivity (Wildman–Crippen MR) is 102 cm³/mol. The zero-order valence-corrected chi connectivity index (χ0v) is 15.9. The Kier molecular flexibility index (Phi) is 4.54. The van der Waals surface area contributed by atoms with Gasteiger partial charge in [-0.15, -0.1) is 10.2 Å². The highest BCUT2D eigenvalue weighted by molar-refractivity contribution is 7.15. The molecule has 0 spiro atoms. The number of benzene rings is 1. The molecule has 1 aliphatic carbocycles. The molecule has 1 aliphatic heterocycles. The fourth-order valence-corrected chi connectivity index (χ4v) is 5.64. The van der Waals surface area contributed by atoms with Crippen molar-refractivity contribution in [1.29, 1.82) is 0 Å². The van der Waals surface area contributed by atoms with Crippen LogP contribution < -0.4 is 4.90 Å². The van der Waals surface area contributed by atoms with Crippen LogP contribution in [0, 0.1) is 17.8 Å². The number of aliphatic hydroxyl groups is 1. The van der Waals surface area contributed by atoms with E-state index in [1.807, 2.05) is 18.2 Å². The number of hydrogen-bond acceptors (Lipinski definition) is 5. The van der Waals surface area contributed by atoms with Gasteiger partial charge >= 0.3 is 0 Å². The molecule has 134 valence electrons. The molecule has 4 nitrogen and oxygen atoms in total. The summed E-state index contributed by atoms with van der Waals surface area (Å²) in [6.07, 6.45) is 4.15. The predicted octanol–water partition coefficient (Wildman–Crippen LogP) is 3.86. The van der Waals surface area contributed by atoms with Gasteiger partial charge in [-0.2, -0.15) is 0 Å². The molecule has 2 fully saturated rings. The van der Waals surface area contributed by atoms with E-state index in [4.69, 9.17) is 0 Å². The lowest BCUT2D eigenvalue weighted by Gasteiger charge is -2.41. The normalized spacial score (nSPS) is 29.2. The number of anilines is 1. The number of aromatic nitrogens is 2. The Labute approximate surface area is 153 Å². The lowest BCUT2D eigenvalue weighted by atomic mass is 9.67. The van der Waals surface area contributed by atoms with Crippen molar-refractivity contribution in [2.24, 2.45) is 17.8 Å². The molecule has 1 N–H and O–H groups in total. The lowest BCUT2D eigenvalue weighted by molar-refractivity contribution is -0.0631. The monoisotopic (exact) mass is 357 g/mol. The van der Waals surface area contributed by atoms with Crippen molar-refractivity contribution in [3.8, 4) is 0 Å². The summed E-state index contributed by atoms with van der Waals surface area (Å²) in [5.41, 5.74) is 0.369. The molecule has 4 rings (SSSR count). The zero-order chi connectivity index (χ0) is 17.4. The summed E-state index contributed by atoms with van der Waals surface area (Å²) < 4.78 is 0. The van der Waals surface area contributed by atoms with Crippen LogP contribution in [0.5, 0.6) is 0 Å². The first-order valence-corrected chi connectivity index (χ1v) is 10.2. The van der Waals surface area contributed by atoms with E-state index in [0.717, 1.165) is 48.1 Å².